The number of pyridine rings is 1. The van der Waals surface area contributed by atoms with Crippen molar-refractivity contribution in [2.24, 2.45) is 4.99 Å². The summed E-state index contributed by atoms with van der Waals surface area (Å²) in [5, 5.41) is 6.99. The van der Waals surface area contributed by atoms with Crippen molar-refractivity contribution < 1.29 is 0 Å². The summed E-state index contributed by atoms with van der Waals surface area (Å²) in [5.41, 5.74) is 1.22. The zero-order valence-corrected chi connectivity index (χ0v) is 20.4. The molecule has 1 aromatic rings. The van der Waals surface area contributed by atoms with Crippen molar-refractivity contribution in [3.05, 3.63) is 23.9 Å². The van der Waals surface area contributed by atoms with Crippen LogP contribution in [0.15, 0.2) is 23.3 Å². The molecule has 2 rings (SSSR count). The number of hydrogen-bond donors (Lipinski definition) is 2. The van der Waals surface area contributed by atoms with Gasteiger partial charge in [0.25, 0.3) is 0 Å². The molecular weight excluding hydrogens is 463 g/mol. The number of hydrogen-bond acceptors (Lipinski definition) is 4. The lowest BCUT2D eigenvalue weighted by Crippen LogP contribution is -2.45. The van der Waals surface area contributed by atoms with E-state index >= 15 is 0 Å². The van der Waals surface area contributed by atoms with Crippen molar-refractivity contribution >= 4 is 35.8 Å². The highest BCUT2D eigenvalue weighted by Gasteiger charge is 2.18. The van der Waals surface area contributed by atoms with E-state index in [1.165, 1.54) is 37.7 Å². The lowest BCUT2D eigenvalue weighted by atomic mass is 10.1. The van der Waals surface area contributed by atoms with Crippen molar-refractivity contribution in [3.63, 3.8) is 0 Å². The van der Waals surface area contributed by atoms with E-state index in [4.69, 9.17) is 0 Å². The molecule has 1 atom stereocenters. The van der Waals surface area contributed by atoms with Crippen molar-refractivity contribution in [3.8, 4) is 0 Å². The van der Waals surface area contributed by atoms with Crippen LogP contribution >= 0.6 is 24.0 Å². The summed E-state index contributed by atoms with van der Waals surface area (Å²) in [7, 11) is 4.01. The van der Waals surface area contributed by atoms with Gasteiger partial charge in [-0.3, -0.25) is 4.99 Å². The van der Waals surface area contributed by atoms with E-state index < -0.39 is 0 Å². The number of aliphatic imine (C=N–C) groups is 1. The van der Waals surface area contributed by atoms with Crippen molar-refractivity contribution in [1.82, 2.24) is 20.5 Å². The molecule has 0 bridgehead atoms. The predicted molar refractivity (Wildman–Crippen MR) is 131 cm³/mol. The average molecular weight is 502 g/mol. The van der Waals surface area contributed by atoms with E-state index in [-0.39, 0.29) is 24.0 Å². The molecule has 0 aliphatic carbocycles. The maximum Gasteiger partial charge on any atom is 0.191 e. The molecule has 1 unspecified atom stereocenters. The summed E-state index contributed by atoms with van der Waals surface area (Å²) in [6, 6.07) is 4.61. The number of piperazine rings is 1. The van der Waals surface area contributed by atoms with Crippen LogP contribution in [0.4, 0.5) is 5.82 Å². The summed E-state index contributed by atoms with van der Waals surface area (Å²) in [5.74, 6) is 1.97. The fourth-order valence-electron chi connectivity index (χ4n) is 3.43. The SMILES string of the molecule is CCCCCCC(C)NC(=NC)NCc1cccnc1N1CCN(C)CC1.I. The summed E-state index contributed by atoms with van der Waals surface area (Å²) in [6.45, 7) is 9.45. The lowest BCUT2D eigenvalue weighted by molar-refractivity contribution is 0.312. The number of aromatic nitrogens is 1. The fourth-order valence-corrected chi connectivity index (χ4v) is 3.43. The topological polar surface area (TPSA) is 55.8 Å². The van der Waals surface area contributed by atoms with Gasteiger partial charge in [-0.1, -0.05) is 38.7 Å². The maximum atomic E-state index is 4.66. The first-order valence-corrected chi connectivity index (χ1v) is 10.5. The fraction of sp³-hybridized carbons (Fsp3) is 0.714. The zero-order valence-electron chi connectivity index (χ0n) is 18.1. The maximum absolute atomic E-state index is 4.66. The molecule has 0 aromatic carbocycles. The number of rotatable bonds is 9. The second kappa shape index (κ2) is 14.0. The molecule has 1 aliphatic heterocycles. The monoisotopic (exact) mass is 502 g/mol. The Morgan fingerprint density at radius 1 is 1.21 bits per heavy atom. The first kappa shape index (κ1) is 24.9. The van der Waals surface area contributed by atoms with Gasteiger partial charge in [-0.15, -0.1) is 24.0 Å². The van der Waals surface area contributed by atoms with Crippen LogP contribution in [0.3, 0.4) is 0 Å². The van der Waals surface area contributed by atoms with Gasteiger partial charge in [0.1, 0.15) is 5.82 Å². The molecule has 1 aliphatic rings. The van der Waals surface area contributed by atoms with Gasteiger partial charge >= 0.3 is 0 Å². The van der Waals surface area contributed by atoms with Crippen LogP contribution < -0.4 is 15.5 Å². The van der Waals surface area contributed by atoms with Gasteiger partial charge in [-0.2, -0.15) is 0 Å². The zero-order chi connectivity index (χ0) is 19.5. The Kier molecular flexibility index (Phi) is 12.5. The first-order valence-electron chi connectivity index (χ1n) is 10.5. The molecule has 1 aromatic heterocycles. The highest BCUT2D eigenvalue weighted by atomic mass is 127. The third-order valence-electron chi connectivity index (χ3n) is 5.21. The van der Waals surface area contributed by atoms with Gasteiger partial charge < -0.3 is 20.4 Å². The van der Waals surface area contributed by atoms with Gasteiger partial charge in [-0.05, 0) is 26.5 Å². The second-order valence-electron chi connectivity index (χ2n) is 7.60. The van der Waals surface area contributed by atoms with Gasteiger partial charge in [0.2, 0.25) is 0 Å². The van der Waals surface area contributed by atoms with Crippen LogP contribution in [-0.4, -0.2) is 62.2 Å². The number of halogens is 1. The summed E-state index contributed by atoms with van der Waals surface area (Å²) in [4.78, 5) is 13.8. The van der Waals surface area contributed by atoms with Gasteiger partial charge in [0.05, 0.1) is 0 Å². The molecular formula is C21H39IN6. The molecule has 2 N–H and O–H groups in total. The van der Waals surface area contributed by atoms with E-state index in [0.717, 1.165) is 44.5 Å². The Morgan fingerprint density at radius 2 is 1.96 bits per heavy atom. The average Bonchev–Trinajstić information content (AvgIpc) is 2.69. The Balaban J connectivity index is 0.00000392. The minimum Gasteiger partial charge on any atom is -0.354 e. The molecule has 160 valence electrons. The number of nitrogens with one attached hydrogen (secondary N) is 2. The van der Waals surface area contributed by atoms with Crippen LogP contribution in [0.1, 0.15) is 51.5 Å². The molecule has 0 saturated carbocycles. The van der Waals surface area contributed by atoms with Gasteiger partial charge in [-0.25, -0.2) is 4.98 Å². The quantitative estimate of drug-likeness (QED) is 0.235. The van der Waals surface area contributed by atoms with Crippen LogP contribution in [0.5, 0.6) is 0 Å². The first-order chi connectivity index (χ1) is 13.1. The normalized spacial score (nSPS) is 16.4. The molecule has 1 saturated heterocycles. The minimum absolute atomic E-state index is 0. The lowest BCUT2D eigenvalue weighted by Gasteiger charge is -2.34. The molecule has 0 spiro atoms. The molecule has 28 heavy (non-hydrogen) atoms. The number of guanidine groups is 1. The van der Waals surface area contributed by atoms with E-state index in [1.807, 2.05) is 19.3 Å². The van der Waals surface area contributed by atoms with E-state index in [9.17, 15) is 0 Å². The van der Waals surface area contributed by atoms with Crippen LogP contribution in [0.2, 0.25) is 0 Å². The smallest absolute Gasteiger partial charge is 0.191 e. The highest BCUT2D eigenvalue weighted by molar-refractivity contribution is 14.0. The van der Waals surface area contributed by atoms with Crippen molar-refractivity contribution in [1.29, 1.82) is 0 Å². The Bertz CT molecular complexity index is 572. The Labute approximate surface area is 188 Å². The molecule has 6 nitrogen and oxygen atoms in total. The van der Waals surface area contributed by atoms with Crippen LogP contribution in [-0.2, 0) is 6.54 Å². The van der Waals surface area contributed by atoms with Crippen LogP contribution in [0, 0.1) is 0 Å². The number of anilines is 1. The highest BCUT2D eigenvalue weighted by Crippen LogP contribution is 2.18. The van der Waals surface area contributed by atoms with E-state index in [2.05, 4.69) is 57.4 Å². The Hall–Kier alpha value is -1.09. The summed E-state index contributed by atoms with van der Waals surface area (Å²) >= 11 is 0. The van der Waals surface area contributed by atoms with Crippen LogP contribution in [0.25, 0.3) is 0 Å². The number of nitrogens with zero attached hydrogens (tertiary/aromatic N) is 4. The number of unbranched alkanes of at least 4 members (excludes halogenated alkanes) is 3. The third-order valence-corrected chi connectivity index (χ3v) is 5.21. The van der Waals surface area contributed by atoms with Crippen molar-refractivity contribution in [2.75, 3.05) is 45.2 Å². The summed E-state index contributed by atoms with van der Waals surface area (Å²) in [6.07, 6.45) is 8.28. The molecule has 1 fully saturated rings. The largest absolute Gasteiger partial charge is 0.354 e. The standard InChI is InChI=1S/C21H38N6.HI/c1-5-6-7-8-10-18(2)25-21(22-3)24-17-19-11-9-12-23-20(19)27-15-13-26(4)14-16-27;/h9,11-12,18H,5-8,10,13-17H2,1-4H3,(H2,22,24,25);1H. The molecule has 2 heterocycles. The Morgan fingerprint density at radius 3 is 2.64 bits per heavy atom. The second-order valence-corrected chi connectivity index (χ2v) is 7.60. The summed E-state index contributed by atoms with van der Waals surface area (Å²) < 4.78 is 0. The van der Waals surface area contributed by atoms with E-state index in [0.29, 0.717) is 6.04 Å². The molecule has 7 heteroatoms. The van der Waals surface area contributed by atoms with Gasteiger partial charge in [0, 0.05) is 57.6 Å². The third kappa shape index (κ3) is 8.51. The van der Waals surface area contributed by atoms with E-state index in [1.54, 1.807) is 0 Å². The molecule has 0 amide bonds. The number of likely N-dealkylation sites (N-methyl/N-ethyl adjacent to an activating group) is 1. The van der Waals surface area contributed by atoms with Crippen molar-refractivity contribution in [2.45, 2.75) is 58.5 Å². The minimum atomic E-state index is 0. The molecule has 0 radical (unpaired) electrons. The predicted octanol–water partition coefficient (Wildman–Crippen LogP) is 3.48. The van der Waals surface area contributed by atoms with Gasteiger partial charge in [0.15, 0.2) is 5.96 Å².